The fourth-order valence-electron chi connectivity index (χ4n) is 2.29. The molecule has 0 unspecified atom stereocenters. The molecule has 8 nitrogen and oxygen atoms in total. The number of nitriles is 1. The summed E-state index contributed by atoms with van der Waals surface area (Å²) in [6.07, 6.45) is 1.36. The van der Waals surface area contributed by atoms with Crippen molar-refractivity contribution in [1.82, 2.24) is 0 Å². The van der Waals surface area contributed by atoms with E-state index in [4.69, 9.17) is 9.47 Å². The van der Waals surface area contributed by atoms with E-state index in [1.165, 1.54) is 31.4 Å². The van der Waals surface area contributed by atoms with Crippen LogP contribution in [0.2, 0.25) is 0 Å². The highest BCUT2D eigenvalue weighted by atomic mass is 16.6. The number of nitrogens with zero attached hydrogens (tertiary/aromatic N) is 2. The molecule has 0 spiro atoms. The van der Waals surface area contributed by atoms with E-state index >= 15 is 0 Å². The van der Waals surface area contributed by atoms with Crippen LogP contribution in [0.1, 0.15) is 12.5 Å². The molecule has 0 aliphatic heterocycles. The Morgan fingerprint density at radius 3 is 2.67 bits per heavy atom. The Labute approximate surface area is 155 Å². The first-order valence-corrected chi connectivity index (χ1v) is 7.97. The van der Waals surface area contributed by atoms with Crippen molar-refractivity contribution in [3.8, 4) is 17.6 Å². The van der Waals surface area contributed by atoms with Crippen LogP contribution in [-0.4, -0.2) is 24.5 Å². The first-order chi connectivity index (χ1) is 13.0. The van der Waals surface area contributed by atoms with E-state index in [1.54, 1.807) is 30.3 Å². The number of rotatable bonds is 7. The second-order valence-corrected chi connectivity index (χ2v) is 5.24. The van der Waals surface area contributed by atoms with Crippen molar-refractivity contribution >= 4 is 23.4 Å². The Morgan fingerprint density at radius 1 is 1.30 bits per heavy atom. The van der Waals surface area contributed by atoms with Crippen molar-refractivity contribution in [1.29, 1.82) is 5.26 Å². The maximum atomic E-state index is 12.4. The highest BCUT2D eigenvalue weighted by Gasteiger charge is 2.17. The number of hydrogen-bond donors (Lipinski definition) is 1. The van der Waals surface area contributed by atoms with Gasteiger partial charge in [-0.1, -0.05) is 18.2 Å². The topological polar surface area (TPSA) is 114 Å². The fraction of sp³-hybridized carbons (Fsp3) is 0.158. The van der Waals surface area contributed by atoms with Crippen molar-refractivity contribution in [2.45, 2.75) is 6.92 Å². The maximum absolute atomic E-state index is 12.4. The van der Waals surface area contributed by atoms with Crippen LogP contribution in [0.5, 0.6) is 11.5 Å². The van der Waals surface area contributed by atoms with Gasteiger partial charge in [0.15, 0.2) is 11.5 Å². The molecule has 1 N–H and O–H groups in total. The molecule has 0 bridgehead atoms. The Balaban J connectivity index is 2.30. The van der Waals surface area contributed by atoms with E-state index in [2.05, 4.69) is 5.32 Å². The van der Waals surface area contributed by atoms with Crippen LogP contribution in [0.4, 0.5) is 11.4 Å². The molecule has 0 fully saturated rings. The Kier molecular flexibility index (Phi) is 6.49. The lowest BCUT2D eigenvalue weighted by Gasteiger charge is -2.10. The molecular formula is C19H17N3O5. The largest absolute Gasteiger partial charge is 0.493 e. The number of para-hydroxylation sites is 2. The maximum Gasteiger partial charge on any atom is 0.292 e. The van der Waals surface area contributed by atoms with Gasteiger partial charge in [0.25, 0.3) is 11.6 Å². The van der Waals surface area contributed by atoms with Crippen molar-refractivity contribution in [3.63, 3.8) is 0 Å². The predicted octanol–water partition coefficient (Wildman–Crippen LogP) is 3.55. The number of benzene rings is 2. The van der Waals surface area contributed by atoms with Gasteiger partial charge in [0.05, 0.1) is 18.6 Å². The number of nitrogens with one attached hydrogen (secondary N) is 1. The lowest BCUT2D eigenvalue weighted by molar-refractivity contribution is -0.383. The number of methoxy groups -OCH3 is 1. The second-order valence-electron chi connectivity index (χ2n) is 5.24. The molecule has 0 saturated carbocycles. The number of carbonyl (C=O) groups is 1. The van der Waals surface area contributed by atoms with Crippen LogP contribution in [-0.2, 0) is 4.79 Å². The van der Waals surface area contributed by atoms with Gasteiger partial charge in [-0.15, -0.1) is 0 Å². The zero-order valence-electron chi connectivity index (χ0n) is 14.8. The summed E-state index contributed by atoms with van der Waals surface area (Å²) in [4.78, 5) is 22.8. The number of amides is 1. The van der Waals surface area contributed by atoms with Crippen molar-refractivity contribution in [2.75, 3.05) is 19.0 Å². The Hall–Kier alpha value is -3.86. The summed E-state index contributed by atoms with van der Waals surface area (Å²) in [6.45, 7) is 2.31. The molecule has 0 aromatic heterocycles. The molecule has 27 heavy (non-hydrogen) atoms. The molecule has 138 valence electrons. The predicted molar refractivity (Wildman–Crippen MR) is 99.5 cm³/mol. The minimum absolute atomic E-state index is 0.0120. The normalized spacial score (nSPS) is 10.6. The minimum atomic E-state index is -0.750. The number of anilines is 1. The number of carbonyl (C=O) groups excluding carboxylic acids is 1. The van der Waals surface area contributed by atoms with Gasteiger partial charge in [-0.3, -0.25) is 14.9 Å². The highest BCUT2D eigenvalue weighted by molar-refractivity contribution is 6.10. The van der Waals surface area contributed by atoms with Gasteiger partial charge >= 0.3 is 0 Å². The van der Waals surface area contributed by atoms with E-state index in [0.717, 1.165) is 0 Å². The lowest BCUT2D eigenvalue weighted by atomic mass is 10.1. The van der Waals surface area contributed by atoms with Gasteiger partial charge < -0.3 is 14.8 Å². The third kappa shape index (κ3) is 4.83. The molecule has 2 aromatic carbocycles. The number of ether oxygens (including phenoxy) is 2. The summed E-state index contributed by atoms with van der Waals surface area (Å²) in [5.41, 5.74) is 0.0905. The van der Waals surface area contributed by atoms with E-state index in [1.807, 2.05) is 6.92 Å². The summed E-state index contributed by atoms with van der Waals surface area (Å²) < 4.78 is 10.7. The molecule has 2 aromatic rings. The molecule has 0 heterocycles. The average Bonchev–Trinajstić information content (AvgIpc) is 2.67. The molecule has 8 heteroatoms. The number of nitro benzene ring substituents is 1. The van der Waals surface area contributed by atoms with Crippen molar-refractivity contribution < 1.29 is 19.2 Å². The van der Waals surface area contributed by atoms with E-state index in [-0.39, 0.29) is 16.9 Å². The first-order valence-electron chi connectivity index (χ1n) is 7.97. The zero-order chi connectivity index (χ0) is 19.8. The van der Waals surface area contributed by atoms with Crippen molar-refractivity contribution in [2.24, 2.45) is 0 Å². The van der Waals surface area contributed by atoms with Crippen LogP contribution in [0.25, 0.3) is 6.08 Å². The van der Waals surface area contributed by atoms with Crippen LogP contribution in [0.3, 0.4) is 0 Å². The molecule has 0 saturated heterocycles. The van der Waals surface area contributed by atoms with E-state index in [0.29, 0.717) is 23.7 Å². The zero-order valence-corrected chi connectivity index (χ0v) is 14.8. The van der Waals surface area contributed by atoms with Crippen LogP contribution < -0.4 is 14.8 Å². The summed E-state index contributed by atoms with van der Waals surface area (Å²) >= 11 is 0. The summed E-state index contributed by atoms with van der Waals surface area (Å²) in [5, 5.41) is 22.7. The third-order valence-electron chi connectivity index (χ3n) is 3.51. The lowest BCUT2D eigenvalue weighted by Crippen LogP contribution is -2.14. The van der Waals surface area contributed by atoms with Crippen LogP contribution in [0.15, 0.2) is 48.0 Å². The first kappa shape index (κ1) is 19.5. The molecule has 0 atom stereocenters. The number of nitro groups is 1. The molecular weight excluding hydrogens is 350 g/mol. The quantitative estimate of drug-likeness (QED) is 0.346. The second kappa shape index (κ2) is 9.01. The Morgan fingerprint density at radius 2 is 2.04 bits per heavy atom. The third-order valence-corrected chi connectivity index (χ3v) is 3.51. The average molecular weight is 367 g/mol. The van der Waals surface area contributed by atoms with E-state index in [9.17, 15) is 20.2 Å². The summed E-state index contributed by atoms with van der Waals surface area (Å²) in [5.74, 6) is 0.252. The fourth-order valence-corrected chi connectivity index (χ4v) is 2.29. The smallest absolute Gasteiger partial charge is 0.292 e. The van der Waals surface area contributed by atoms with Gasteiger partial charge in [-0.2, -0.15) is 5.26 Å². The summed E-state index contributed by atoms with van der Waals surface area (Å²) in [7, 11) is 1.48. The SMILES string of the molecule is CCOc1ccc(/C=C(\C#N)C(=O)Nc2ccccc2[N+](=O)[O-])cc1OC. The summed E-state index contributed by atoms with van der Waals surface area (Å²) in [6, 6.07) is 12.5. The van der Waals surface area contributed by atoms with Gasteiger partial charge in [0, 0.05) is 6.07 Å². The molecule has 0 aliphatic rings. The van der Waals surface area contributed by atoms with Crippen LogP contribution in [0, 0.1) is 21.4 Å². The monoisotopic (exact) mass is 367 g/mol. The van der Waals surface area contributed by atoms with Gasteiger partial charge in [-0.25, -0.2) is 0 Å². The molecule has 2 rings (SSSR count). The Bertz CT molecular complexity index is 931. The van der Waals surface area contributed by atoms with Gasteiger partial charge in [0.2, 0.25) is 0 Å². The minimum Gasteiger partial charge on any atom is -0.493 e. The van der Waals surface area contributed by atoms with Crippen LogP contribution >= 0.6 is 0 Å². The molecule has 0 aliphatic carbocycles. The highest BCUT2D eigenvalue weighted by Crippen LogP contribution is 2.29. The molecule has 1 amide bonds. The number of hydrogen-bond acceptors (Lipinski definition) is 6. The van der Waals surface area contributed by atoms with Gasteiger partial charge in [-0.05, 0) is 36.8 Å². The standard InChI is InChI=1S/C19H17N3O5/c1-3-27-17-9-8-13(11-18(17)26-2)10-14(12-20)19(23)21-15-6-4-5-7-16(15)22(24)25/h4-11H,3H2,1-2H3,(H,21,23)/b14-10+. The van der Waals surface area contributed by atoms with Crippen molar-refractivity contribution in [3.05, 3.63) is 63.7 Å². The van der Waals surface area contributed by atoms with E-state index < -0.39 is 10.8 Å². The molecule has 0 radical (unpaired) electrons. The van der Waals surface area contributed by atoms with Gasteiger partial charge in [0.1, 0.15) is 17.3 Å².